The van der Waals surface area contributed by atoms with E-state index >= 15 is 4.39 Å². The fraction of sp³-hybridized carbons (Fsp3) is 0.696. The number of aliphatic hydroxyl groups excluding tert-OH is 3. The molecule has 0 aromatic heterocycles. The van der Waals surface area contributed by atoms with Crippen LogP contribution in [0.2, 0.25) is 0 Å². The zero-order chi connectivity index (χ0) is 23.3. The van der Waals surface area contributed by atoms with E-state index < -0.39 is 43.3 Å². The van der Waals surface area contributed by atoms with Gasteiger partial charge >= 0.3 is 0 Å². The highest BCUT2D eigenvalue weighted by molar-refractivity contribution is 5.82. The third-order valence-corrected chi connectivity index (χ3v) is 6.24. The predicted octanol–water partition coefficient (Wildman–Crippen LogP) is 1.09. The second-order valence-corrected chi connectivity index (χ2v) is 8.75. The number of halogens is 1. The van der Waals surface area contributed by atoms with Crippen molar-refractivity contribution in [2.75, 3.05) is 19.7 Å². The van der Waals surface area contributed by atoms with E-state index in [0.717, 1.165) is 31.2 Å². The molecule has 2 aliphatic rings. The number of ether oxygens (including phenoxy) is 2. The predicted molar refractivity (Wildman–Crippen MR) is 116 cm³/mol. The number of hydrogen-bond acceptors (Lipinski definition) is 7. The summed E-state index contributed by atoms with van der Waals surface area (Å²) in [6.45, 7) is 2.42. The van der Waals surface area contributed by atoms with Gasteiger partial charge in [0.2, 0.25) is 12.5 Å². The van der Waals surface area contributed by atoms with Crippen LogP contribution >= 0.6 is 0 Å². The molecule has 0 spiro atoms. The normalized spacial score (nSPS) is 28.5. The number of nitrogens with two attached hydrogens (primary N) is 1. The number of carbonyl (C=O) groups excluding carboxylic acids is 1. The summed E-state index contributed by atoms with van der Waals surface area (Å²) in [4.78, 5) is 12.4. The van der Waals surface area contributed by atoms with E-state index in [-0.39, 0.29) is 29.6 Å². The lowest BCUT2D eigenvalue weighted by Gasteiger charge is -2.27. The number of unbranched alkanes of at least 4 members (excludes halogenated alkanes) is 3. The molecule has 1 saturated carbocycles. The van der Waals surface area contributed by atoms with Gasteiger partial charge in [-0.2, -0.15) is 0 Å². The van der Waals surface area contributed by atoms with Crippen LogP contribution < -0.4 is 15.8 Å². The van der Waals surface area contributed by atoms with Crippen molar-refractivity contribution in [3.8, 4) is 5.75 Å². The number of alkyl halides is 1. The summed E-state index contributed by atoms with van der Waals surface area (Å²) in [7, 11) is 0. The average molecular weight is 455 g/mol. The van der Waals surface area contributed by atoms with Gasteiger partial charge in [0, 0.05) is 30.4 Å². The van der Waals surface area contributed by atoms with E-state index in [0.29, 0.717) is 13.1 Å². The summed E-state index contributed by atoms with van der Waals surface area (Å²) in [5, 5.41) is 32.0. The number of benzene rings is 1. The van der Waals surface area contributed by atoms with Crippen LogP contribution in [-0.2, 0) is 9.53 Å². The molecule has 1 aromatic rings. The molecular weight excluding hydrogens is 419 g/mol. The molecule has 8 nitrogen and oxygen atoms in total. The molecule has 1 aromatic carbocycles. The summed E-state index contributed by atoms with van der Waals surface area (Å²) in [5.74, 6) is -1.15. The third-order valence-electron chi connectivity index (χ3n) is 6.24. The van der Waals surface area contributed by atoms with Crippen LogP contribution in [0.15, 0.2) is 18.2 Å². The molecule has 32 heavy (non-hydrogen) atoms. The number of carbonyl (C=O) groups is 1. The first-order valence-corrected chi connectivity index (χ1v) is 11.4. The molecule has 1 amide bonds. The molecule has 1 aliphatic heterocycles. The van der Waals surface area contributed by atoms with Gasteiger partial charge in [-0.1, -0.05) is 24.5 Å². The highest BCUT2D eigenvalue weighted by atomic mass is 19.1. The maximum absolute atomic E-state index is 15.1. The molecule has 0 bridgehead atoms. The van der Waals surface area contributed by atoms with E-state index in [1.165, 1.54) is 0 Å². The highest BCUT2D eigenvalue weighted by Gasteiger charge is 2.62. The van der Waals surface area contributed by atoms with Crippen molar-refractivity contribution in [2.24, 2.45) is 17.6 Å². The standard InChI is InChI=1S/C23H35FN2O6/c1-13-6-7-17(14(10-13)21(24)23(30)26-9-5-3-2-4-8-25)31-18-11-15(28)19-20(16(29)12-27)22(19)32-18/h6-7,10,15-16,18-22,27-29H,2-5,8-9,11-12,25H2,1H3,(H,26,30). The Bertz CT molecular complexity index is 766. The molecular formula is C23H35FN2O6. The topological polar surface area (TPSA) is 134 Å². The van der Waals surface area contributed by atoms with Gasteiger partial charge in [-0.3, -0.25) is 4.79 Å². The highest BCUT2D eigenvalue weighted by Crippen LogP contribution is 2.51. The lowest BCUT2D eigenvalue weighted by atomic mass is 10.0. The Kier molecular flexibility index (Phi) is 8.84. The first-order valence-electron chi connectivity index (χ1n) is 11.4. The number of rotatable bonds is 12. The SMILES string of the molecule is Cc1ccc(OC2CC(O)C3C(O2)C3C(O)CO)c(C(F)C(=O)NCCCCCCN)c1. The summed E-state index contributed by atoms with van der Waals surface area (Å²) in [6, 6.07) is 4.91. The van der Waals surface area contributed by atoms with Crippen LogP contribution in [0.5, 0.6) is 5.75 Å². The number of nitrogens with one attached hydrogen (secondary N) is 1. The number of hydrogen-bond donors (Lipinski definition) is 5. The molecule has 6 N–H and O–H groups in total. The number of aliphatic hydroxyl groups is 3. The molecule has 3 rings (SSSR count). The van der Waals surface area contributed by atoms with E-state index in [9.17, 15) is 15.0 Å². The molecule has 7 unspecified atom stereocenters. The lowest BCUT2D eigenvalue weighted by Crippen LogP contribution is -2.34. The smallest absolute Gasteiger partial charge is 0.259 e. The second kappa shape index (κ2) is 11.4. The number of aryl methyl sites for hydroxylation is 1. The van der Waals surface area contributed by atoms with Gasteiger partial charge in [0.05, 0.1) is 24.9 Å². The van der Waals surface area contributed by atoms with E-state index in [2.05, 4.69) is 5.32 Å². The largest absolute Gasteiger partial charge is 0.464 e. The summed E-state index contributed by atoms with van der Waals surface area (Å²) < 4.78 is 26.7. The van der Waals surface area contributed by atoms with Gasteiger partial charge in [-0.15, -0.1) is 0 Å². The molecule has 0 radical (unpaired) electrons. The molecule has 9 heteroatoms. The Morgan fingerprint density at radius 1 is 1.34 bits per heavy atom. The van der Waals surface area contributed by atoms with E-state index in [4.69, 9.17) is 20.3 Å². The van der Waals surface area contributed by atoms with Crippen LogP contribution in [0.25, 0.3) is 0 Å². The first-order chi connectivity index (χ1) is 15.4. The zero-order valence-electron chi connectivity index (χ0n) is 18.5. The van der Waals surface area contributed by atoms with Gasteiger partial charge < -0.3 is 35.8 Å². The van der Waals surface area contributed by atoms with Crippen molar-refractivity contribution in [1.29, 1.82) is 0 Å². The molecule has 2 fully saturated rings. The molecule has 180 valence electrons. The van der Waals surface area contributed by atoms with Crippen molar-refractivity contribution < 1.29 is 34.0 Å². The van der Waals surface area contributed by atoms with Gasteiger partial charge in [-0.25, -0.2) is 4.39 Å². The molecule has 1 aliphatic carbocycles. The Labute approximate surface area is 187 Å². The maximum Gasteiger partial charge on any atom is 0.259 e. The monoisotopic (exact) mass is 454 g/mol. The molecule has 7 atom stereocenters. The minimum atomic E-state index is -1.90. The fourth-order valence-electron chi connectivity index (χ4n) is 4.42. The van der Waals surface area contributed by atoms with Crippen molar-refractivity contribution in [3.05, 3.63) is 29.3 Å². The quantitative estimate of drug-likeness (QED) is 0.299. The van der Waals surface area contributed by atoms with Crippen LogP contribution in [-0.4, -0.2) is 65.5 Å². The number of fused-ring (bicyclic) bond motifs is 1. The van der Waals surface area contributed by atoms with Crippen LogP contribution in [0.1, 0.15) is 49.4 Å². The first kappa shape index (κ1) is 24.9. The van der Waals surface area contributed by atoms with Gasteiger partial charge in [0.15, 0.2) is 0 Å². The zero-order valence-corrected chi connectivity index (χ0v) is 18.5. The summed E-state index contributed by atoms with van der Waals surface area (Å²) in [6.07, 6.45) is -1.17. The van der Waals surface area contributed by atoms with Crippen LogP contribution in [0.4, 0.5) is 4.39 Å². The van der Waals surface area contributed by atoms with Crippen LogP contribution in [0, 0.1) is 18.8 Å². The Balaban J connectivity index is 1.59. The van der Waals surface area contributed by atoms with Crippen molar-refractivity contribution >= 4 is 5.91 Å². The van der Waals surface area contributed by atoms with Crippen molar-refractivity contribution in [2.45, 2.75) is 69.8 Å². The lowest BCUT2D eigenvalue weighted by molar-refractivity contribution is -0.146. The summed E-state index contributed by atoms with van der Waals surface area (Å²) >= 11 is 0. The minimum Gasteiger partial charge on any atom is -0.464 e. The Hall–Kier alpha value is -1.78. The fourth-order valence-corrected chi connectivity index (χ4v) is 4.42. The van der Waals surface area contributed by atoms with Gasteiger partial charge in [-0.05, 0) is 38.4 Å². The number of amides is 1. The second-order valence-electron chi connectivity index (χ2n) is 8.75. The molecule has 1 saturated heterocycles. The Morgan fingerprint density at radius 2 is 2.09 bits per heavy atom. The minimum absolute atomic E-state index is 0.105. The van der Waals surface area contributed by atoms with Crippen LogP contribution in [0.3, 0.4) is 0 Å². The van der Waals surface area contributed by atoms with Gasteiger partial charge in [0.1, 0.15) is 5.75 Å². The van der Waals surface area contributed by atoms with E-state index in [1.54, 1.807) is 25.1 Å². The Morgan fingerprint density at radius 3 is 2.81 bits per heavy atom. The third kappa shape index (κ3) is 5.96. The van der Waals surface area contributed by atoms with Crippen molar-refractivity contribution in [3.63, 3.8) is 0 Å². The summed E-state index contributed by atoms with van der Waals surface area (Å²) in [5.41, 5.74) is 6.34. The van der Waals surface area contributed by atoms with E-state index in [1.807, 2.05) is 0 Å². The average Bonchev–Trinajstić information content (AvgIpc) is 3.51. The molecule has 1 heterocycles. The van der Waals surface area contributed by atoms with Gasteiger partial charge in [0.25, 0.3) is 5.91 Å². The maximum atomic E-state index is 15.1. The van der Waals surface area contributed by atoms with Crippen molar-refractivity contribution in [1.82, 2.24) is 5.32 Å².